The molecule has 0 aromatic rings. The van der Waals surface area contributed by atoms with Crippen molar-refractivity contribution in [2.24, 2.45) is 17.3 Å². The Balaban J connectivity index is 2.49. The quantitative estimate of drug-likeness (QED) is 0.483. The Labute approximate surface area is 65.0 Å². The molecule has 59 valence electrons. The summed E-state index contributed by atoms with van der Waals surface area (Å²) in [5.41, 5.74) is 0.381. The summed E-state index contributed by atoms with van der Waals surface area (Å²) in [5.74, 6) is 1.81. The molecule has 1 radical (unpaired) electrons. The van der Waals surface area contributed by atoms with Gasteiger partial charge in [0.1, 0.15) is 0 Å². The highest BCUT2D eigenvalue weighted by Gasteiger charge is 2.29. The first-order valence-corrected chi connectivity index (χ1v) is 4.37. The van der Waals surface area contributed by atoms with E-state index in [0.29, 0.717) is 5.41 Å². The highest BCUT2D eigenvalue weighted by molar-refractivity contribution is 4.85. The van der Waals surface area contributed by atoms with Crippen LogP contribution >= 0.6 is 0 Å². The molecule has 1 aliphatic carbocycles. The Bertz CT molecular complexity index is 113. The molecule has 10 heavy (non-hydrogen) atoms. The van der Waals surface area contributed by atoms with Gasteiger partial charge in [-0.2, -0.15) is 0 Å². The zero-order chi connectivity index (χ0) is 7.78. The van der Waals surface area contributed by atoms with Crippen molar-refractivity contribution in [3.8, 4) is 0 Å². The van der Waals surface area contributed by atoms with Gasteiger partial charge in [-0.15, -0.1) is 0 Å². The van der Waals surface area contributed by atoms with Crippen LogP contribution in [0, 0.1) is 24.2 Å². The van der Waals surface area contributed by atoms with Gasteiger partial charge < -0.3 is 0 Å². The van der Waals surface area contributed by atoms with Crippen molar-refractivity contribution in [1.82, 2.24) is 0 Å². The minimum Gasteiger partial charge on any atom is -0.0623 e. The Morgan fingerprint density at radius 3 is 2.30 bits per heavy atom. The van der Waals surface area contributed by atoms with E-state index in [0.717, 1.165) is 11.8 Å². The van der Waals surface area contributed by atoms with Crippen LogP contribution in [0.5, 0.6) is 0 Å². The highest BCUT2D eigenvalue weighted by Crippen LogP contribution is 2.40. The first-order chi connectivity index (χ1) is 4.51. The van der Waals surface area contributed by atoms with Gasteiger partial charge in [0.25, 0.3) is 0 Å². The van der Waals surface area contributed by atoms with Crippen LogP contribution in [0.2, 0.25) is 0 Å². The van der Waals surface area contributed by atoms with Gasteiger partial charge in [0.15, 0.2) is 0 Å². The van der Waals surface area contributed by atoms with Crippen LogP contribution in [0.25, 0.3) is 0 Å². The van der Waals surface area contributed by atoms with Crippen LogP contribution in [0.4, 0.5) is 0 Å². The largest absolute Gasteiger partial charge is 0.0623 e. The van der Waals surface area contributed by atoms with Crippen molar-refractivity contribution in [3.05, 3.63) is 6.92 Å². The molecule has 1 saturated carbocycles. The molecule has 0 aromatic heterocycles. The molecule has 1 rings (SSSR count). The van der Waals surface area contributed by atoms with Crippen molar-refractivity contribution in [2.75, 3.05) is 0 Å². The predicted octanol–water partition coefficient (Wildman–Crippen LogP) is 3.28. The lowest BCUT2D eigenvalue weighted by Gasteiger charge is -2.37. The molecule has 0 spiro atoms. The van der Waals surface area contributed by atoms with Crippen molar-refractivity contribution >= 4 is 0 Å². The van der Waals surface area contributed by atoms with Gasteiger partial charge in [-0.05, 0) is 43.4 Å². The van der Waals surface area contributed by atoms with E-state index in [4.69, 9.17) is 0 Å². The van der Waals surface area contributed by atoms with E-state index in [-0.39, 0.29) is 0 Å². The maximum atomic E-state index is 4.21. The molecular weight excluding hydrogens is 120 g/mol. The second kappa shape index (κ2) is 2.56. The first kappa shape index (κ1) is 8.10. The maximum Gasteiger partial charge on any atom is -0.0323 e. The SMILES string of the molecule is [CH2]C1(C)CCC(C)C(C)C1. The van der Waals surface area contributed by atoms with Crippen LogP contribution in [0.3, 0.4) is 0 Å². The lowest BCUT2D eigenvalue weighted by atomic mass is 9.68. The third-order valence-corrected chi connectivity index (χ3v) is 2.99. The van der Waals surface area contributed by atoms with Gasteiger partial charge in [0, 0.05) is 0 Å². The normalized spacial score (nSPS) is 39.6. The summed E-state index contributed by atoms with van der Waals surface area (Å²) in [4.78, 5) is 0. The second-order valence-electron chi connectivity index (χ2n) is 4.51. The Kier molecular flexibility index (Phi) is 2.07. The lowest BCUT2D eigenvalue weighted by Crippen LogP contribution is -2.26. The highest BCUT2D eigenvalue weighted by atomic mass is 14.3. The molecule has 1 aliphatic rings. The van der Waals surface area contributed by atoms with Gasteiger partial charge in [0.2, 0.25) is 0 Å². The molecule has 3 unspecified atom stereocenters. The fourth-order valence-corrected chi connectivity index (χ4v) is 1.94. The Hall–Kier alpha value is 0. The summed E-state index contributed by atoms with van der Waals surface area (Å²) >= 11 is 0. The van der Waals surface area contributed by atoms with E-state index < -0.39 is 0 Å². The van der Waals surface area contributed by atoms with Gasteiger partial charge in [-0.25, -0.2) is 0 Å². The molecule has 0 heterocycles. The monoisotopic (exact) mass is 139 g/mol. The summed E-state index contributed by atoms with van der Waals surface area (Å²) in [7, 11) is 0. The Morgan fingerprint density at radius 2 is 1.90 bits per heavy atom. The predicted molar refractivity (Wildman–Crippen MR) is 45.6 cm³/mol. The zero-order valence-electron chi connectivity index (χ0n) is 7.48. The van der Waals surface area contributed by atoms with Crippen LogP contribution in [-0.2, 0) is 0 Å². The van der Waals surface area contributed by atoms with E-state index >= 15 is 0 Å². The smallest absolute Gasteiger partial charge is 0.0323 e. The molecular formula is C10H19. The van der Waals surface area contributed by atoms with E-state index in [9.17, 15) is 0 Å². The number of hydrogen-bond acceptors (Lipinski definition) is 0. The van der Waals surface area contributed by atoms with Crippen molar-refractivity contribution < 1.29 is 0 Å². The van der Waals surface area contributed by atoms with Crippen LogP contribution in [0.1, 0.15) is 40.0 Å². The van der Waals surface area contributed by atoms with E-state index in [1.165, 1.54) is 19.3 Å². The fraction of sp³-hybridized carbons (Fsp3) is 0.900. The second-order valence-corrected chi connectivity index (χ2v) is 4.51. The fourth-order valence-electron chi connectivity index (χ4n) is 1.94. The number of rotatable bonds is 0. The molecule has 0 amide bonds. The molecule has 0 N–H and O–H groups in total. The summed E-state index contributed by atoms with van der Waals surface area (Å²) in [6.45, 7) is 11.2. The molecule has 1 fully saturated rings. The molecule has 0 bridgehead atoms. The van der Waals surface area contributed by atoms with Gasteiger partial charge in [-0.3, -0.25) is 0 Å². The van der Waals surface area contributed by atoms with Gasteiger partial charge >= 0.3 is 0 Å². The van der Waals surface area contributed by atoms with Gasteiger partial charge in [-0.1, -0.05) is 20.8 Å². The third kappa shape index (κ3) is 1.74. The lowest BCUT2D eigenvalue weighted by molar-refractivity contribution is 0.162. The minimum atomic E-state index is 0.381. The van der Waals surface area contributed by atoms with Gasteiger partial charge in [0.05, 0.1) is 0 Å². The standard InChI is InChI=1S/C10H19/c1-8-5-6-10(3,4)7-9(8)2/h8-9H,3,5-7H2,1-2,4H3. The summed E-state index contributed by atoms with van der Waals surface area (Å²) in [6, 6.07) is 0. The molecule has 0 nitrogen and oxygen atoms in total. The van der Waals surface area contributed by atoms with Crippen LogP contribution in [0.15, 0.2) is 0 Å². The average molecular weight is 139 g/mol. The van der Waals surface area contributed by atoms with Crippen molar-refractivity contribution in [2.45, 2.75) is 40.0 Å². The van der Waals surface area contributed by atoms with Crippen molar-refractivity contribution in [3.63, 3.8) is 0 Å². The molecule has 0 aromatic carbocycles. The van der Waals surface area contributed by atoms with E-state index in [2.05, 4.69) is 27.7 Å². The minimum absolute atomic E-state index is 0.381. The first-order valence-electron chi connectivity index (χ1n) is 4.37. The third-order valence-electron chi connectivity index (χ3n) is 2.99. The van der Waals surface area contributed by atoms with Crippen molar-refractivity contribution in [1.29, 1.82) is 0 Å². The molecule has 0 saturated heterocycles. The topological polar surface area (TPSA) is 0 Å². The summed E-state index contributed by atoms with van der Waals surface area (Å²) in [6.07, 6.45) is 4.01. The van der Waals surface area contributed by atoms with E-state index in [1.54, 1.807) is 0 Å². The van der Waals surface area contributed by atoms with Crippen LogP contribution in [-0.4, -0.2) is 0 Å². The summed E-state index contributed by atoms with van der Waals surface area (Å²) in [5, 5.41) is 0. The van der Waals surface area contributed by atoms with E-state index in [1.807, 2.05) is 0 Å². The maximum absolute atomic E-state index is 4.21. The molecule has 0 heteroatoms. The van der Waals surface area contributed by atoms with Crippen LogP contribution < -0.4 is 0 Å². The Morgan fingerprint density at radius 1 is 1.30 bits per heavy atom. The molecule has 3 atom stereocenters. The zero-order valence-corrected chi connectivity index (χ0v) is 7.48. The average Bonchev–Trinajstić information content (AvgIpc) is 1.79. The number of hydrogen-bond donors (Lipinski definition) is 0. The molecule has 0 aliphatic heterocycles. The summed E-state index contributed by atoms with van der Waals surface area (Å²) < 4.78 is 0.